The third-order valence-corrected chi connectivity index (χ3v) is 4.48. The molecule has 0 fully saturated rings. The van der Waals surface area contributed by atoms with Gasteiger partial charge in [-0.1, -0.05) is 30.0 Å². The van der Waals surface area contributed by atoms with E-state index in [9.17, 15) is 10.1 Å². The van der Waals surface area contributed by atoms with Crippen molar-refractivity contribution in [3.8, 4) is 5.75 Å². The van der Waals surface area contributed by atoms with Crippen molar-refractivity contribution in [3.63, 3.8) is 0 Å². The molecular weight excluding hydrogens is 290 g/mol. The summed E-state index contributed by atoms with van der Waals surface area (Å²) in [5.74, 6) is 0.777. The van der Waals surface area contributed by atoms with Gasteiger partial charge in [0.1, 0.15) is 11.4 Å². The van der Waals surface area contributed by atoms with Gasteiger partial charge in [0.2, 0.25) is 0 Å². The summed E-state index contributed by atoms with van der Waals surface area (Å²) in [4.78, 5) is 10.8. The lowest BCUT2D eigenvalue weighted by molar-refractivity contribution is -0.388. The van der Waals surface area contributed by atoms with Crippen molar-refractivity contribution in [1.29, 1.82) is 0 Å². The van der Waals surface area contributed by atoms with E-state index in [2.05, 4.69) is 5.10 Å². The van der Waals surface area contributed by atoms with E-state index in [4.69, 9.17) is 4.74 Å². The summed E-state index contributed by atoms with van der Waals surface area (Å²) in [6.07, 6.45) is 0. The molecule has 6 nitrogen and oxygen atoms in total. The highest BCUT2D eigenvalue weighted by molar-refractivity contribution is 7.99. The lowest BCUT2D eigenvalue weighted by atomic mass is 10.1. The fourth-order valence-corrected chi connectivity index (χ4v) is 3.39. The molecule has 1 aromatic heterocycles. The first-order chi connectivity index (χ1) is 9.95. The first kappa shape index (κ1) is 15.4. The number of nitrogens with zero attached hydrogens (tertiary/aromatic N) is 3. The van der Waals surface area contributed by atoms with Gasteiger partial charge in [-0.05, 0) is 19.9 Å². The van der Waals surface area contributed by atoms with Crippen molar-refractivity contribution >= 4 is 17.4 Å². The SMILES string of the molecule is COc1ccccc1C(C)Sc1c([N+](=O)[O-])c(C)nn1C. The van der Waals surface area contributed by atoms with Gasteiger partial charge in [0.05, 0.1) is 12.0 Å². The molecule has 1 unspecified atom stereocenters. The average molecular weight is 307 g/mol. The summed E-state index contributed by atoms with van der Waals surface area (Å²) in [6, 6.07) is 7.68. The van der Waals surface area contributed by atoms with Crippen LogP contribution in [0.3, 0.4) is 0 Å². The predicted molar refractivity (Wildman–Crippen MR) is 81.9 cm³/mol. The van der Waals surface area contributed by atoms with Crippen LogP contribution in [0.25, 0.3) is 0 Å². The highest BCUT2D eigenvalue weighted by Crippen LogP contribution is 2.42. The van der Waals surface area contributed by atoms with Crippen LogP contribution in [0, 0.1) is 17.0 Å². The third kappa shape index (κ3) is 3.02. The number of ether oxygens (including phenoxy) is 1. The minimum Gasteiger partial charge on any atom is -0.496 e. The van der Waals surface area contributed by atoms with E-state index >= 15 is 0 Å². The number of para-hydroxylation sites is 1. The number of hydrogen-bond donors (Lipinski definition) is 0. The third-order valence-electron chi connectivity index (χ3n) is 3.19. The van der Waals surface area contributed by atoms with E-state index < -0.39 is 0 Å². The Balaban J connectivity index is 2.36. The van der Waals surface area contributed by atoms with E-state index in [0.717, 1.165) is 11.3 Å². The molecule has 0 saturated heterocycles. The molecule has 0 aliphatic heterocycles. The Labute approximate surface area is 127 Å². The quantitative estimate of drug-likeness (QED) is 0.480. The standard InChI is InChI=1S/C14H17N3O3S/c1-9-13(17(18)19)14(16(3)15-9)21-10(2)11-7-5-6-8-12(11)20-4/h5-8,10H,1-4H3. The Bertz CT molecular complexity index is 669. The number of rotatable bonds is 5. The number of benzene rings is 1. The van der Waals surface area contributed by atoms with Crippen molar-refractivity contribution in [2.45, 2.75) is 24.1 Å². The van der Waals surface area contributed by atoms with E-state index in [0.29, 0.717) is 10.7 Å². The van der Waals surface area contributed by atoms with Crippen LogP contribution < -0.4 is 4.74 Å². The molecule has 7 heteroatoms. The molecule has 0 spiro atoms. The Morgan fingerprint density at radius 3 is 2.71 bits per heavy atom. The summed E-state index contributed by atoms with van der Waals surface area (Å²) in [5.41, 5.74) is 1.50. The van der Waals surface area contributed by atoms with Crippen molar-refractivity contribution in [1.82, 2.24) is 9.78 Å². The zero-order chi connectivity index (χ0) is 15.6. The molecule has 0 radical (unpaired) electrons. The Kier molecular flexibility index (Phi) is 4.52. The first-order valence-corrected chi connectivity index (χ1v) is 7.31. The second-order valence-corrected chi connectivity index (χ2v) is 5.95. The number of aromatic nitrogens is 2. The molecule has 1 atom stereocenters. The summed E-state index contributed by atoms with van der Waals surface area (Å²) in [5, 5.41) is 15.9. The van der Waals surface area contributed by atoms with Gasteiger partial charge in [-0.2, -0.15) is 5.10 Å². The summed E-state index contributed by atoms with van der Waals surface area (Å²) in [6.45, 7) is 3.64. The molecule has 1 heterocycles. The fourth-order valence-electron chi connectivity index (χ4n) is 2.20. The van der Waals surface area contributed by atoms with Gasteiger partial charge in [-0.25, -0.2) is 0 Å². The van der Waals surface area contributed by atoms with Crippen LogP contribution in [-0.4, -0.2) is 21.8 Å². The minimum atomic E-state index is -0.375. The molecule has 0 saturated carbocycles. The van der Waals surface area contributed by atoms with E-state index in [1.807, 2.05) is 31.2 Å². The van der Waals surface area contributed by atoms with Gasteiger partial charge < -0.3 is 4.74 Å². The lowest BCUT2D eigenvalue weighted by Gasteiger charge is -2.14. The number of thioether (sulfide) groups is 1. The zero-order valence-electron chi connectivity index (χ0n) is 12.4. The monoisotopic (exact) mass is 307 g/mol. The number of hydrogen-bond acceptors (Lipinski definition) is 5. The molecule has 21 heavy (non-hydrogen) atoms. The van der Waals surface area contributed by atoms with Crippen LogP contribution in [0.5, 0.6) is 5.75 Å². The van der Waals surface area contributed by atoms with E-state index in [1.54, 1.807) is 25.8 Å². The molecule has 0 amide bonds. The molecule has 0 bridgehead atoms. The molecule has 2 rings (SSSR count). The van der Waals surface area contributed by atoms with Crippen molar-refractivity contribution in [2.24, 2.45) is 7.05 Å². The molecular formula is C14H17N3O3S. The summed E-state index contributed by atoms with van der Waals surface area (Å²) < 4.78 is 6.91. The van der Waals surface area contributed by atoms with Crippen LogP contribution in [0.15, 0.2) is 29.3 Å². The topological polar surface area (TPSA) is 70.2 Å². The predicted octanol–water partition coefficient (Wildman–Crippen LogP) is 3.50. The second-order valence-electron chi connectivity index (χ2n) is 4.62. The average Bonchev–Trinajstić information content (AvgIpc) is 2.73. The maximum atomic E-state index is 11.2. The molecule has 0 aliphatic rings. The maximum Gasteiger partial charge on any atom is 0.323 e. The van der Waals surface area contributed by atoms with Gasteiger partial charge in [0.15, 0.2) is 5.03 Å². The van der Waals surface area contributed by atoms with Crippen molar-refractivity contribution in [2.75, 3.05) is 7.11 Å². The van der Waals surface area contributed by atoms with Crippen molar-refractivity contribution < 1.29 is 9.66 Å². The maximum absolute atomic E-state index is 11.2. The van der Waals surface area contributed by atoms with E-state index in [1.165, 1.54) is 11.8 Å². The highest BCUT2D eigenvalue weighted by atomic mass is 32.2. The Hall–Kier alpha value is -2.02. The Morgan fingerprint density at radius 1 is 1.43 bits per heavy atom. The normalized spacial score (nSPS) is 12.2. The fraction of sp³-hybridized carbons (Fsp3) is 0.357. The molecule has 0 aliphatic carbocycles. The largest absolute Gasteiger partial charge is 0.496 e. The molecule has 1 aromatic carbocycles. The van der Waals surface area contributed by atoms with Gasteiger partial charge >= 0.3 is 5.69 Å². The first-order valence-electron chi connectivity index (χ1n) is 6.43. The highest BCUT2D eigenvalue weighted by Gasteiger charge is 2.26. The molecule has 112 valence electrons. The van der Waals surface area contributed by atoms with Crippen molar-refractivity contribution in [3.05, 3.63) is 45.6 Å². The summed E-state index contributed by atoms with van der Waals surface area (Å²) >= 11 is 1.41. The van der Waals surface area contributed by atoms with Crippen LogP contribution in [0.4, 0.5) is 5.69 Å². The van der Waals surface area contributed by atoms with Gasteiger partial charge in [0, 0.05) is 17.9 Å². The minimum absolute atomic E-state index is 0.00894. The summed E-state index contributed by atoms with van der Waals surface area (Å²) in [7, 11) is 3.34. The smallest absolute Gasteiger partial charge is 0.323 e. The Morgan fingerprint density at radius 2 is 2.10 bits per heavy atom. The van der Waals surface area contributed by atoms with E-state index in [-0.39, 0.29) is 15.9 Å². The molecule has 0 N–H and O–H groups in total. The van der Waals surface area contributed by atoms with Crippen LogP contribution >= 0.6 is 11.8 Å². The van der Waals surface area contributed by atoms with Gasteiger partial charge in [-0.15, -0.1) is 0 Å². The second kappa shape index (κ2) is 6.17. The zero-order valence-corrected chi connectivity index (χ0v) is 13.2. The lowest BCUT2D eigenvalue weighted by Crippen LogP contribution is -1.99. The van der Waals surface area contributed by atoms with Crippen LogP contribution in [0.2, 0.25) is 0 Å². The van der Waals surface area contributed by atoms with Gasteiger partial charge in [0.25, 0.3) is 0 Å². The number of aryl methyl sites for hydroxylation is 2. The number of methoxy groups -OCH3 is 1. The number of nitro groups is 1. The van der Waals surface area contributed by atoms with Crippen LogP contribution in [-0.2, 0) is 7.05 Å². The van der Waals surface area contributed by atoms with Crippen LogP contribution in [0.1, 0.15) is 23.4 Å². The van der Waals surface area contributed by atoms with Gasteiger partial charge in [-0.3, -0.25) is 14.8 Å². The molecule has 2 aromatic rings.